The van der Waals surface area contributed by atoms with Crippen LogP contribution in [0.25, 0.3) is 77.5 Å². The molecule has 271 valence electrons. The van der Waals surface area contributed by atoms with Gasteiger partial charge < -0.3 is 14.4 Å². The van der Waals surface area contributed by atoms with Crippen molar-refractivity contribution in [2.45, 2.75) is 45.3 Å². The third kappa shape index (κ3) is 7.41. The number of nitrogens with zero attached hydrogens (tertiary/aromatic N) is 2. The van der Waals surface area contributed by atoms with Gasteiger partial charge in [-0.25, -0.2) is 0 Å². The van der Waals surface area contributed by atoms with Crippen LogP contribution in [-0.4, -0.2) is 9.97 Å². The Morgan fingerprint density at radius 3 is 2.29 bits per heavy atom. The van der Waals surface area contributed by atoms with Crippen LogP contribution in [0.15, 0.2) is 156 Å². The van der Waals surface area contributed by atoms with Crippen molar-refractivity contribution < 1.29 is 34.1 Å². The minimum atomic E-state index is -2.27. The van der Waals surface area contributed by atoms with E-state index >= 15 is 0 Å². The molecule has 9 aromatic rings. The van der Waals surface area contributed by atoms with E-state index in [2.05, 4.69) is 88.8 Å². The predicted molar refractivity (Wildman–Crippen MR) is 223 cm³/mol. The van der Waals surface area contributed by atoms with E-state index in [0.717, 1.165) is 86.5 Å². The summed E-state index contributed by atoms with van der Waals surface area (Å²) in [6, 6.07) is 51.2. The Kier molecular flexibility index (Phi) is 8.34. The number of rotatable bonds is 5. The van der Waals surface area contributed by atoms with E-state index < -0.39 is 19.6 Å². The zero-order valence-electron chi connectivity index (χ0n) is 36.9. The summed E-state index contributed by atoms with van der Waals surface area (Å²) in [5.74, 6) is -0.419. The molecule has 4 heteroatoms. The Morgan fingerprint density at radius 1 is 0.673 bits per heavy atom. The van der Waals surface area contributed by atoms with Crippen molar-refractivity contribution in [2.24, 2.45) is 0 Å². The van der Waals surface area contributed by atoms with Crippen LogP contribution in [0.3, 0.4) is 0 Å². The van der Waals surface area contributed by atoms with Crippen molar-refractivity contribution in [3.63, 3.8) is 0 Å². The Labute approximate surface area is 346 Å². The van der Waals surface area contributed by atoms with Crippen LogP contribution in [0.2, 0.25) is 0 Å². The van der Waals surface area contributed by atoms with Crippen LogP contribution < -0.4 is 0 Å². The Morgan fingerprint density at radius 2 is 1.49 bits per heavy atom. The summed E-state index contributed by atoms with van der Waals surface area (Å²) in [5.41, 5.74) is 9.66. The Balaban J connectivity index is 0.000000176. The molecule has 1 fully saturated rings. The van der Waals surface area contributed by atoms with Gasteiger partial charge in [0, 0.05) is 52.9 Å². The number of hydrogen-bond acceptors (Lipinski definition) is 3. The fourth-order valence-electron chi connectivity index (χ4n) is 7.44. The molecule has 0 N–H and O–H groups in total. The maximum atomic E-state index is 8.79. The van der Waals surface area contributed by atoms with E-state index in [9.17, 15) is 0 Å². The van der Waals surface area contributed by atoms with Gasteiger partial charge in [0.15, 0.2) is 0 Å². The number of benzene rings is 6. The smallest absolute Gasteiger partial charge is 0.128 e. The first-order valence-corrected chi connectivity index (χ1v) is 18.3. The average Bonchev–Trinajstić information content (AvgIpc) is 3.91. The van der Waals surface area contributed by atoms with Crippen molar-refractivity contribution in [3.8, 4) is 44.8 Å². The summed E-state index contributed by atoms with van der Waals surface area (Å²) in [6.45, 7) is -4.48. The Bertz CT molecular complexity index is 3010. The molecular formula is C51H40IrN2O-2. The molecule has 0 atom stereocenters. The van der Waals surface area contributed by atoms with Gasteiger partial charge in [0.2, 0.25) is 0 Å². The van der Waals surface area contributed by atoms with E-state index in [-0.39, 0.29) is 31.2 Å². The van der Waals surface area contributed by atoms with E-state index in [0.29, 0.717) is 16.8 Å². The molecule has 6 aromatic carbocycles. The summed E-state index contributed by atoms with van der Waals surface area (Å²) in [7, 11) is 0. The predicted octanol–water partition coefficient (Wildman–Crippen LogP) is 13.8. The monoisotopic (exact) mass is 896 g/mol. The van der Waals surface area contributed by atoms with Gasteiger partial charge in [-0.05, 0) is 76.2 Å². The first kappa shape index (κ1) is 28.7. The van der Waals surface area contributed by atoms with Crippen molar-refractivity contribution in [2.75, 3.05) is 0 Å². The molecule has 1 aliphatic carbocycles. The van der Waals surface area contributed by atoms with E-state index in [1.807, 2.05) is 54.7 Å². The van der Waals surface area contributed by atoms with Crippen molar-refractivity contribution in [3.05, 3.63) is 181 Å². The van der Waals surface area contributed by atoms with Gasteiger partial charge in [-0.15, -0.1) is 47.5 Å². The van der Waals surface area contributed by atoms with Gasteiger partial charge in [-0.3, -0.25) is 0 Å². The molecule has 0 bridgehead atoms. The van der Waals surface area contributed by atoms with Gasteiger partial charge in [0.05, 0.1) is 5.58 Å². The summed E-state index contributed by atoms with van der Waals surface area (Å²) >= 11 is 0. The normalized spacial score (nSPS) is 15.7. The standard InChI is InChI=1S/C32H24NO.C19H16N.Ir/c1-2-7-21(6-1)22-12-14-23(15-13-22)25-18-19-33-30(20-25)29-11-5-10-27-28-17-16-24-8-3-4-9-26(24)31(28)34-32(27)29;1-14-8-11-19(20-13-14)17-10-9-15(2)18(12-17)16-6-4-3-5-7-16;/h3-5,8-10,12-21H,1-2,6-7H2;3-9,11-13H,1-2H3;/q2*-1;/i21D;1D3,2D3;. The summed E-state index contributed by atoms with van der Waals surface area (Å²) < 4.78 is 60.8. The van der Waals surface area contributed by atoms with E-state index in [1.165, 1.54) is 23.7 Å². The quantitative estimate of drug-likeness (QED) is 0.162. The van der Waals surface area contributed by atoms with Crippen LogP contribution in [0.1, 0.15) is 57.9 Å². The zero-order valence-corrected chi connectivity index (χ0v) is 32.3. The number of aromatic nitrogens is 2. The van der Waals surface area contributed by atoms with Gasteiger partial charge in [0.1, 0.15) is 5.58 Å². The largest absolute Gasteiger partial charge is 0.500 e. The third-order valence-corrected chi connectivity index (χ3v) is 10.2. The molecule has 10 rings (SSSR count). The van der Waals surface area contributed by atoms with Crippen LogP contribution in [0, 0.1) is 25.8 Å². The first-order chi connectivity index (χ1) is 29.4. The number of aryl methyl sites for hydroxylation is 2. The average molecular weight is 896 g/mol. The second-order valence-corrected chi connectivity index (χ2v) is 13.7. The van der Waals surface area contributed by atoms with E-state index in [4.69, 9.17) is 14.0 Å². The third-order valence-electron chi connectivity index (χ3n) is 10.2. The number of hydrogen-bond donors (Lipinski definition) is 0. The molecule has 0 spiro atoms. The van der Waals surface area contributed by atoms with Crippen molar-refractivity contribution in [1.82, 2.24) is 9.97 Å². The van der Waals surface area contributed by atoms with Crippen molar-refractivity contribution in [1.29, 1.82) is 0 Å². The molecular weight excluding hydrogens is 849 g/mol. The van der Waals surface area contributed by atoms with Crippen molar-refractivity contribution >= 4 is 32.7 Å². The molecule has 55 heavy (non-hydrogen) atoms. The van der Waals surface area contributed by atoms with Crippen LogP contribution in [0.5, 0.6) is 0 Å². The second-order valence-electron chi connectivity index (χ2n) is 13.7. The molecule has 1 saturated carbocycles. The fraction of sp³-hybridized carbons (Fsp3) is 0.137. The van der Waals surface area contributed by atoms with Gasteiger partial charge in [-0.1, -0.05) is 145 Å². The fourth-order valence-corrected chi connectivity index (χ4v) is 7.44. The SMILES string of the molecule is [2H]C([2H])([2H])c1ccc(-c2[c-]cc(C([2H])([2H])[2H])c(-c3ccccc3)c2)nc1.[2H]C1(c2ccc(-c3ccnc(-c4[c-]ccc5c4oc4c6ccccc6ccc54)c3)cc2)CCCC1.[Ir]. The van der Waals surface area contributed by atoms with Gasteiger partial charge in [-0.2, -0.15) is 0 Å². The number of furan rings is 1. The van der Waals surface area contributed by atoms with E-state index in [1.54, 1.807) is 12.1 Å². The molecule has 3 aromatic heterocycles. The molecule has 3 heterocycles. The molecule has 0 saturated heterocycles. The molecule has 0 amide bonds. The summed E-state index contributed by atoms with van der Waals surface area (Å²) in [6.07, 6.45) is 7.39. The number of pyridine rings is 2. The Hall–Kier alpha value is -5.67. The molecule has 1 aliphatic rings. The molecule has 0 aliphatic heterocycles. The zero-order chi connectivity index (χ0) is 42.4. The maximum absolute atomic E-state index is 8.79. The molecule has 3 nitrogen and oxygen atoms in total. The van der Waals surface area contributed by atoms with Gasteiger partial charge in [0.25, 0.3) is 0 Å². The number of fused-ring (bicyclic) bond motifs is 5. The van der Waals surface area contributed by atoms with Crippen LogP contribution in [0.4, 0.5) is 0 Å². The van der Waals surface area contributed by atoms with Crippen LogP contribution >= 0.6 is 0 Å². The maximum Gasteiger partial charge on any atom is 0.128 e. The molecule has 1 radical (unpaired) electrons. The molecule has 0 unspecified atom stereocenters. The summed E-state index contributed by atoms with van der Waals surface area (Å²) in [5, 5.41) is 4.47. The van der Waals surface area contributed by atoms with Crippen LogP contribution in [-0.2, 0) is 20.1 Å². The van der Waals surface area contributed by atoms with Gasteiger partial charge >= 0.3 is 0 Å². The minimum absolute atomic E-state index is 0. The minimum Gasteiger partial charge on any atom is -0.500 e. The second kappa shape index (κ2) is 16.0. The summed E-state index contributed by atoms with van der Waals surface area (Å²) in [4.78, 5) is 8.90. The topological polar surface area (TPSA) is 38.9 Å². The first-order valence-electron chi connectivity index (χ1n) is 21.8.